The molecular formula is C56H51ClF2N14OS3. The average Bonchev–Trinajstić information content (AvgIpc) is 4.28. The van der Waals surface area contributed by atoms with Gasteiger partial charge in [0, 0.05) is 107 Å². The maximum atomic E-state index is 13.8. The molecule has 77 heavy (non-hydrogen) atoms. The molecule has 0 aliphatic rings. The van der Waals surface area contributed by atoms with E-state index in [0.717, 1.165) is 91.3 Å². The van der Waals surface area contributed by atoms with E-state index in [0.29, 0.717) is 29.4 Å². The van der Waals surface area contributed by atoms with E-state index in [1.807, 2.05) is 93.8 Å². The summed E-state index contributed by atoms with van der Waals surface area (Å²) in [5, 5.41) is 39.3. The molecule has 0 unspecified atom stereocenters. The van der Waals surface area contributed by atoms with Crippen LogP contribution < -0.4 is 16.0 Å². The molecule has 9 heterocycles. The Labute approximate surface area is 459 Å². The number of imidazole rings is 1. The number of nitrogens with one attached hydrogen (secondary N) is 3. The fourth-order valence-corrected chi connectivity index (χ4v) is 11.3. The number of rotatable bonds is 12. The maximum Gasteiger partial charge on any atom is 0.183 e. The molecule has 390 valence electrons. The zero-order chi connectivity index (χ0) is 53.9. The van der Waals surface area contributed by atoms with Crippen molar-refractivity contribution < 1.29 is 13.9 Å². The Bertz CT molecular complexity index is 4030. The van der Waals surface area contributed by atoms with Gasteiger partial charge in [-0.05, 0) is 114 Å². The van der Waals surface area contributed by atoms with Crippen molar-refractivity contribution >= 4 is 77.9 Å². The molecule has 0 saturated carbocycles. The predicted octanol–water partition coefficient (Wildman–Crippen LogP) is 14.6. The summed E-state index contributed by atoms with van der Waals surface area (Å²) in [6.45, 7) is 14.4. The van der Waals surface area contributed by atoms with Crippen LogP contribution in [0, 0.1) is 18.6 Å². The van der Waals surface area contributed by atoms with Crippen LogP contribution in [0.25, 0.3) is 81.6 Å². The standard InChI is InChI=1S/C19H18FN5S.C19H18N4OS.C18H15ClFN5S/c1-11(2)23-19-21-8-17(26-19)13-6-16(18-24-22-10-25(18)9-13)15-7-14(20)5-4-12(15)3;1-12(2)22-19-21-10-17(25-19)13-9-15(14-5-3-4-6-16(14)24)18-20-7-8-23(18)11-13;1-10(2)23-18-21-7-16(26-18)12-5-13(17-24-22-9-25(17)8-12)11-3-4-15(20)14(19)6-11/h4-11H,1-3H3,(H,21,23);3-12,24H,1-2H3,(H,21,22);3-10H,1-2H3,(H,21,23). The van der Waals surface area contributed by atoms with E-state index in [-0.39, 0.29) is 16.6 Å². The molecule has 12 rings (SSSR count). The number of fused-ring (bicyclic) bond motifs is 3. The molecule has 0 aliphatic heterocycles. The van der Waals surface area contributed by atoms with Crippen LogP contribution >= 0.6 is 45.6 Å². The number of phenols is 1. The van der Waals surface area contributed by atoms with Crippen LogP contribution in [0.2, 0.25) is 5.02 Å². The minimum atomic E-state index is -0.448. The van der Waals surface area contributed by atoms with Crippen molar-refractivity contribution in [2.24, 2.45) is 0 Å². The summed E-state index contributed by atoms with van der Waals surface area (Å²) < 4.78 is 33.1. The minimum Gasteiger partial charge on any atom is -0.507 e. The Morgan fingerprint density at radius 3 is 1.57 bits per heavy atom. The first-order valence-electron chi connectivity index (χ1n) is 24.5. The maximum absolute atomic E-state index is 13.8. The number of hydrogen-bond donors (Lipinski definition) is 4. The van der Waals surface area contributed by atoms with Gasteiger partial charge in [-0.3, -0.25) is 8.80 Å². The Hall–Kier alpha value is -8.17. The summed E-state index contributed by atoms with van der Waals surface area (Å²) in [6.07, 6.45) is 18.5. The molecular weight excluding hydrogens is 1050 g/mol. The van der Waals surface area contributed by atoms with E-state index in [1.54, 1.807) is 83.2 Å². The van der Waals surface area contributed by atoms with E-state index < -0.39 is 5.82 Å². The summed E-state index contributed by atoms with van der Waals surface area (Å²) in [7, 11) is 0. The van der Waals surface area contributed by atoms with E-state index in [1.165, 1.54) is 12.1 Å². The van der Waals surface area contributed by atoms with Gasteiger partial charge >= 0.3 is 0 Å². The fraction of sp³-hybridized carbons (Fsp3) is 0.179. The number of benzene rings is 3. The van der Waals surface area contributed by atoms with Gasteiger partial charge in [0.05, 0.1) is 19.7 Å². The third-order valence-corrected chi connectivity index (χ3v) is 15.0. The van der Waals surface area contributed by atoms with Crippen molar-refractivity contribution in [1.82, 2.24) is 53.5 Å². The minimum absolute atomic E-state index is 0.0757. The largest absolute Gasteiger partial charge is 0.507 e. The number of phenolic OH excluding ortho intramolecular Hbond substituents is 1. The molecule has 0 aliphatic carbocycles. The highest BCUT2D eigenvalue weighted by atomic mass is 35.5. The molecule has 0 radical (unpaired) electrons. The van der Waals surface area contributed by atoms with E-state index in [2.05, 4.69) is 104 Å². The lowest BCUT2D eigenvalue weighted by Crippen LogP contribution is -2.08. The summed E-state index contributed by atoms with van der Waals surface area (Å²) in [5.74, 6) is -0.471. The number of halogens is 3. The van der Waals surface area contributed by atoms with Crippen LogP contribution in [0.3, 0.4) is 0 Å². The zero-order valence-electron chi connectivity index (χ0n) is 42.7. The molecule has 4 N–H and O–H groups in total. The van der Waals surface area contributed by atoms with Gasteiger partial charge in [0.25, 0.3) is 0 Å². The first kappa shape index (κ1) is 52.3. The second-order valence-electron chi connectivity index (χ2n) is 18.8. The molecule has 0 amide bonds. The highest BCUT2D eigenvalue weighted by Gasteiger charge is 2.18. The normalized spacial score (nSPS) is 11.4. The summed E-state index contributed by atoms with van der Waals surface area (Å²) in [4.78, 5) is 20.9. The second kappa shape index (κ2) is 22.6. The van der Waals surface area contributed by atoms with Crippen LogP contribution in [0.5, 0.6) is 5.75 Å². The lowest BCUT2D eigenvalue weighted by molar-refractivity contribution is 0.477. The van der Waals surface area contributed by atoms with Gasteiger partial charge in [-0.25, -0.2) is 28.7 Å². The number of para-hydroxylation sites is 1. The Morgan fingerprint density at radius 1 is 0.532 bits per heavy atom. The van der Waals surface area contributed by atoms with E-state index in [9.17, 15) is 13.9 Å². The monoisotopic (exact) mass is 1100 g/mol. The van der Waals surface area contributed by atoms with E-state index in [4.69, 9.17) is 11.6 Å². The quantitative estimate of drug-likeness (QED) is 0.0913. The van der Waals surface area contributed by atoms with Crippen LogP contribution in [-0.4, -0.2) is 76.8 Å². The smallest absolute Gasteiger partial charge is 0.183 e. The Kier molecular flexibility index (Phi) is 15.3. The second-order valence-corrected chi connectivity index (χ2v) is 22.3. The molecule has 3 aromatic carbocycles. The number of hydrogen-bond acceptors (Lipinski definition) is 15. The van der Waals surface area contributed by atoms with Gasteiger partial charge in [0.2, 0.25) is 0 Å². The molecule has 0 spiro atoms. The summed E-state index contributed by atoms with van der Waals surface area (Å²) >= 11 is 10.7. The number of pyridine rings is 3. The number of aromatic hydroxyl groups is 1. The van der Waals surface area contributed by atoms with Crippen molar-refractivity contribution in [2.45, 2.75) is 66.6 Å². The van der Waals surface area contributed by atoms with Crippen molar-refractivity contribution in [3.63, 3.8) is 0 Å². The molecule has 0 fully saturated rings. The van der Waals surface area contributed by atoms with Crippen LogP contribution in [0.4, 0.5) is 24.2 Å². The van der Waals surface area contributed by atoms with Gasteiger partial charge in [0.1, 0.15) is 35.7 Å². The lowest BCUT2D eigenvalue weighted by atomic mass is 10.00. The van der Waals surface area contributed by atoms with Crippen molar-refractivity contribution in [1.29, 1.82) is 0 Å². The Balaban J connectivity index is 0.000000131. The first-order valence-corrected chi connectivity index (χ1v) is 27.3. The first-order chi connectivity index (χ1) is 37.1. The number of nitrogens with zero attached hydrogens (tertiary/aromatic N) is 11. The topological polar surface area (TPSA) is 173 Å². The lowest BCUT2D eigenvalue weighted by Gasteiger charge is -2.10. The van der Waals surface area contributed by atoms with E-state index >= 15 is 0 Å². The van der Waals surface area contributed by atoms with Crippen molar-refractivity contribution in [2.75, 3.05) is 16.0 Å². The number of thiazole rings is 3. The predicted molar refractivity (Wildman–Crippen MR) is 308 cm³/mol. The third kappa shape index (κ3) is 11.8. The molecule has 0 bridgehead atoms. The van der Waals surface area contributed by atoms with Gasteiger partial charge in [-0.15, -0.1) is 20.4 Å². The number of anilines is 3. The molecule has 12 aromatic rings. The molecule has 9 aromatic heterocycles. The van der Waals surface area contributed by atoms with Crippen molar-refractivity contribution in [3.05, 3.63) is 163 Å². The van der Waals surface area contributed by atoms with Crippen LogP contribution in [0.1, 0.15) is 47.1 Å². The van der Waals surface area contributed by atoms with Crippen LogP contribution in [-0.2, 0) is 0 Å². The van der Waals surface area contributed by atoms with Crippen molar-refractivity contribution in [3.8, 4) is 70.5 Å². The average molecular weight is 1110 g/mol. The van der Waals surface area contributed by atoms with Gasteiger partial charge in [0.15, 0.2) is 26.7 Å². The molecule has 21 heteroatoms. The molecule has 0 saturated heterocycles. The SMILES string of the molecule is CC(C)Nc1ncc(-c2cc(-c3ccc(F)c(Cl)c3)c3nncn3c2)s1.CC(C)Nc1ncc(-c2cc(-c3ccccc3O)c3nccn3c2)s1.Cc1ccc(F)cc1-c1cc(-c2cnc(NC(C)C)s2)cn2cnnc12. The molecule has 15 nitrogen and oxygen atoms in total. The van der Waals surface area contributed by atoms with Crippen LogP contribution in [0.15, 0.2) is 141 Å². The summed E-state index contributed by atoms with van der Waals surface area (Å²) in [6, 6.07) is 23.8. The Morgan fingerprint density at radius 2 is 1.04 bits per heavy atom. The number of aryl methyl sites for hydroxylation is 1. The van der Waals surface area contributed by atoms with Gasteiger partial charge < -0.3 is 25.5 Å². The summed E-state index contributed by atoms with van der Waals surface area (Å²) in [5.41, 5.74) is 11.1. The van der Waals surface area contributed by atoms with Gasteiger partial charge in [-0.2, -0.15) is 0 Å². The zero-order valence-corrected chi connectivity index (χ0v) is 45.9. The third-order valence-electron chi connectivity index (χ3n) is 11.8. The highest BCUT2D eigenvalue weighted by molar-refractivity contribution is 7.19. The highest BCUT2D eigenvalue weighted by Crippen LogP contribution is 2.39. The fourth-order valence-electron chi connectivity index (χ4n) is 8.33. The van der Waals surface area contributed by atoms with Gasteiger partial charge in [-0.1, -0.05) is 75.9 Å². The molecule has 0 atom stereocenters. The number of aromatic nitrogens is 11.